The molecule has 0 aliphatic carbocycles. The molecule has 2 rings (SSSR count). The summed E-state index contributed by atoms with van der Waals surface area (Å²) in [5.74, 6) is 4.76. The molecule has 2 aromatic rings. The molecular formula is C15H15N3O6. The molecule has 126 valence electrons. The Morgan fingerprint density at radius 1 is 1.33 bits per heavy atom. The number of carboxylic acids is 2. The van der Waals surface area contributed by atoms with Crippen molar-refractivity contribution in [3.8, 4) is 17.7 Å². The molecule has 0 bridgehead atoms. The van der Waals surface area contributed by atoms with E-state index in [0.717, 1.165) is 5.82 Å². The van der Waals surface area contributed by atoms with Crippen molar-refractivity contribution in [2.75, 3.05) is 6.61 Å². The minimum absolute atomic E-state index is 0.306. The van der Waals surface area contributed by atoms with Crippen LogP contribution in [0.25, 0.3) is 0 Å². The van der Waals surface area contributed by atoms with Gasteiger partial charge in [-0.25, -0.2) is 14.6 Å². The predicted molar refractivity (Wildman–Crippen MR) is 81.1 cm³/mol. The number of nitrogens with zero attached hydrogens (tertiary/aromatic N) is 3. The monoisotopic (exact) mass is 333 g/mol. The van der Waals surface area contributed by atoms with Gasteiger partial charge in [-0.05, 0) is 12.1 Å². The molecule has 0 atom stereocenters. The Morgan fingerprint density at radius 3 is 2.54 bits per heavy atom. The van der Waals surface area contributed by atoms with Gasteiger partial charge in [-0.3, -0.25) is 0 Å². The van der Waals surface area contributed by atoms with Crippen molar-refractivity contribution >= 4 is 11.9 Å². The van der Waals surface area contributed by atoms with Crippen LogP contribution in [0, 0.1) is 18.8 Å². The van der Waals surface area contributed by atoms with Gasteiger partial charge in [0.15, 0.2) is 6.61 Å². The van der Waals surface area contributed by atoms with Gasteiger partial charge in [-0.1, -0.05) is 11.8 Å². The van der Waals surface area contributed by atoms with E-state index >= 15 is 0 Å². The third-order valence-electron chi connectivity index (χ3n) is 2.37. The van der Waals surface area contributed by atoms with Crippen molar-refractivity contribution in [3.63, 3.8) is 0 Å². The summed E-state index contributed by atoms with van der Waals surface area (Å²) in [6.07, 6.45) is 6.22. The van der Waals surface area contributed by atoms with E-state index in [-0.39, 0.29) is 0 Å². The van der Waals surface area contributed by atoms with Crippen LogP contribution in [-0.4, -0.2) is 43.5 Å². The van der Waals surface area contributed by atoms with E-state index in [1.165, 1.54) is 6.26 Å². The lowest BCUT2D eigenvalue weighted by Crippen LogP contribution is -1.98. The Hall–Kier alpha value is -3.54. The summed E-state index contributed by atoms with van der Waals surface area (Å²) in [6, 6.07) is 1.64. The summed E-state index contributed by atoms with van der Waals surface area (Å²) in [6.45, 7) is 2.86. The highest BCUT2D eigenvalue weighted by Gasteiger charge is 1.94. The number of aromatic nitrogens is 3. The minimum Gasteiger partial charge on any atom is -0.478 e. The maximum atomic E-state index is 9.55. The highest BCUT2D eigenvalue weighted by Crippen LogP contribution is 2.03. The molecule has 0 unspecified atom stereocenters. The van der Waals surface area contributed by atoms with Gasteiger partial charge < -0.3 is 24.0 Å². The van der Waals surface area contributed by atoms with Crippen LogP contribution < -0.4 is 4.74 Å². The summed E-state index contributed by atoms with van der Waals surface area (Å²) in [5.41, 5.74) is 0. The minimum atomic E-state index is -1.26. The molecule has 9 heteroatoms. The van der Waals surface area contributed by atoms with Crippen molar-refractivity contribution in [1.82, 2.24) is 14.7 Å². The highest BCUT2D eigenvalue weighted by atomic mass is 16.5. The topological polar surface area (TPSA) is 128 Å². The maximum Gasteiger partial charge on any atom is 0.328 e. The van der Waals surface area contributed by atoms with Gasteiger partial charge in [0.1, 0.15) is 12.1 Å². The van der Waals surface area contributed by atoms with E-state index < -0.39 is 11.9 Å². The number of imidazole rings is 1. The number of aryl methyl sites for hydroxylation is 1. The van der Waals surface area contributed by atoms with Gasteiger partial charge >= 0.3 is 11.9 Å². The molecule has 0 spiro atoms. The molecule has 0 aliphatic heterocycles. The average Bonchev–Trinajstić information content (AvgIpc) is 3.18. The van der Waals surface area contributed by atoms with Crippen LogP contribution in [0.5, 0.6) is 5.88 Å². The molecule has 0 saturated carbocycles. The van der Waals surface area contributed by atoms with E-state index in [2.05, 4.69) is 26.5 Å². The Labute approximate surface area is 137 Å². The summed E-state index contributed by atoms with van der Waals surface area (Å²) in [5, 5.41) is 19.2. The molecule has 0 amide bonds. The van der Waals surface area contributed by atoms with E-state index in [9.17, 15) is 9.59 Å². The van der Waals surface area contributed by atoms with Gasteiger partial charge in [0.2, 0.25) is 0 Å². The lowest BCUT2D eigenvalue weighted by molar-refractivity contribution is -0.134. The normalized spacial score (nSPS) is 9.54. The fourth-order valence-electron chi connectivity index (χ4n) is 1.29. The van der Waals surface area contributed by atoms with Crippen LogP contribution in [0.4, 0.5) is 0 Å². The number of aliphatic carboxylic acids is 2. The zero-order valence-corrected chi connectivity index (χ0v) is 12.7. The highest BCUT2D eigenvalue weighted by molar-refractivity contribution is 5.89. The second-order valence-corrected chi connectivity index (χ2v) is 4.09. The molecule has 0 radical (unpaired) electrons. The number of carboxylic acid groups (broad SMARTS) is 2. The molecular weight excluding hydrogens is 318 g/mol. The van der Waals surface area contributed by atoms with Gasteiger partial charge in [-0.2, -0.15) is 0 Å². The van der Waals surface area contributed by atoms with E-state index in [1.54, 1.807) is 12.3 Å². The number of ether oxygens (including phenoxy) is 1. The number of carbonyl (C=O) groups is 2. The third kappa shape index (κ3) is 8.04. The van der Waals surface area contributed by atoms with Gasteiger partial charge in [0.05, 0.1) is 6.54 Å². The van der Waals surface area contributed by atoms with E-state index in [4.69, 9.17) is 14.9 Å². The lowest BCUT2D eigenvalue weighted by Gasteiger charge is -1.96. The van der Waals surface area contributed by atoms with Crippen molar-refractivity contribution in [2.24, 2.45) is 0 Å². The lowest BCUT2D eigenvalue weighted by atomic mass is 10.5. The van der Waals surface area contributed by atoms with Crippen LogP contribution in [0.1, 0.15) is 5.82 Å². The molecule has 24 heavy (non-hydrogen) atoms. The molecule has 9 nitrogen and oxygen atoms in total. The quantitative estimate of drug-likeness (QED) is 0.612. The summed E-state index contributed by atoms with van der Waals surface area (Å²) < 4.78 is 11.8. The molecule has 2 N–H and O–H groups in total. The van der Waals surface area contributed by atoms with Gasteiger partial charge in [0.25, 0.3) is 5.88 Å². The largest absolute Gasteiger partial charge is 0.478 e. The molecule has 2 heterocycles. The van der Waals surface area contributed by atoms with Crippen molar-refractivity contribution < 1.29 is 29.1 Å². The van der Waals surface area contributed by atoms with Crippen molar-refractivity contribution in [3.05, 3.63) is 42.7 Å². The SMILES string of the molecule is Cc1nccn1CC#CCOc1ccon1.O=C(O)/C=C/C(=O)O. The Balaban J connectivity index is 0.000000307. The fraction of sp³-hybridized carbons (Fsp3) is 0.200. The van der Waals surface area contributed by atoms with Crippen LogP contribution >= 0.6 is 0 Å². The smallest absolute Gasteiger partial charge is 0.328 e. The van der Waals surface area contributed by atoms with Gasteiger partial charge in [-0.15, -0.1) is 0 Å². The zero-order chi connectivity index (χ0) is 17.8. The molecule has 0 saturated heterocycles. The Morgan fingerprint density at radius 2 is 2.04 bits per heavy atom. The molecule has 0 fully saturated rings. The molecule has 0 aromatic carbocycles. The van der Waals surface area contributed by atoms with Crippen LogP contribution in [0.3, 0.4) is 0 Å². The van der Waals surface area contributed by atoms with Crippen LogP contribution in [0.15, 0.2) is 41.4 Å². The number of rotatable bonds is 5. The standard InChI is InChI=1S/C11H11N3O2.C4H4O4/c1-10-12-5-7-14(10)6-2-3-8-15-11-4-9-16-13-11;5-3(6)1-2-4(7)8/h4-5,7,9H,6,8H2,1H3;1-2H,(H,5,6)(H,7,8)/b;2-1+. The first kappa shape index (κ1) is 18.5. The number of hydrogen-bond donors (Lipinski definition) is 2. The first-order valence-electron chi connectivity index (χ1n) is 6.59. The number of hydrogen-bond acceptors (Lipinski definition) is 6. The summed E-state index contributed by atoms with van der Waals surface area (Å²) in [7, 11) is 0. The first-order chi connectivity index (χ1) is 11.5. The predicted octanol–water partition coefficient (Wildman–Crippen LogP) is 0.974. The second-order valence-electron chi connectivity index (χ2n) is 4.09. The molecule has 2 aromatic heterocycles. The average molecular weight is 333 g/mol. The molecule has 0 aliphatic rings. The van der Waals surface area contributed by atoms with E-state index in [0.29, 0.717) is 31.2 Å². The van der Waals surface area contributed by atoms with Crippen molar-refractivity contribution in [2.45, 2.75) is 13.5 Å². The zero-order valence-electron chi connectivity index (χ0n) is 12.7. The Bertz CT molecular complexity index is 721. The van der Waals surface area contributed by atoms with Gasteiger partial charge in [0, 0.05) is 30.6 Å². The third-order valence-corrected chi connectivity index (χ3v) is 2.37. The van der Waals surface area contributed by atoms with Crippen molar-refractivity contribution in [1.29, 1.82) is 0 Å². The first-order valence-corrected chi connectivity index (χ1v) is 6.59. The summed E-state index contributed by atoms with van der Waals surface area (Å²) >= 11 is 0. The van der Waals surface area contributed by atoms with Crippen LogP contribution in [0.2, 0.25) is 0 Å². The van der Waals surface area contributed by atoms with Crippen LogP contribution in [-0.2, 0) is 16.1 Å². The second kappa shape index (κ2) is 10.2. The summed E-state index contributed by atoms with van der Waals surface area (Å²) in [4.78, 5) is 23.2. The Kier molecular flexibility index (Phi) is 7.89. The van der Waals surface area contributed by atoms with E-state index in [1.807, 2.05) is 17.7 Å². The fourth-order valence-corrected chi connectivity index (χ4v) is 1.29. The maximum absolute atomic E-state index is 9.55.